The van der Waals surface area contributed by atoms with E-state index in [1.807, 2.05) is 30.5 Å². The summed E-state index contributed by atoms with van der Waals surface area (Å²) in [4.78, 5) is 27.6. The van der Waals surface area contributed by atoms with Crippen LogP contribution in [0.1, 0.15) is 12.0 Å². The molecule has 4 nitrogen and oxygen atoms in total. The summed E-state index contributed by atoms with van der Waals surface area (Å²) in [6.07, 6.45) is 2.13. The monoisotopic (exact) mass is 358 g/mol. The molecule has 1 saturated heterocycles. The van der Waals surface area contributed by atoms with Crippen LogP contribution in [0.4, 0.5) is 15.8 Å². The lowest BCUT2D eigenvalue weighted by Gasteiger charge is -2.17. The van der Waals surface area contributed by atoms with Crippen molar-refractivity contribution in [1.29, 1.82) is 0 Å². The second-order valence-corrected chi connectivity index (χ2v) is 6.94. The maximum absolute atomic E-state index is 13.4. The van der Waals surface area contributed by atoms with Gasteiger partial charge in [-0.2, -0.15) is 0 Å². The van der Waals surface area contributed by atoms with Crippen molar-refractivity contribution in [2.24, 2.45) is 5.92 Å². The molecule has 6 heteroatoms. The first-order valence-corrected chi connectivity index (χ1v) is 9.22. The molecular formula is C19H19FN2O2S. The van der Waals surface area contributed by atoms with Gasteiger partial charge in [0.25, 0.3) is 0 Å². The van der Waals surface area contributed by atoms with Crippen molar-refractivity contribution in [3.63, 3.8) is 0 Å². The number of rotatable bonds is 4. The molecule has 0 aromatic heterocycles. The highest BCUT2D eigenvalue weighted by molar-refractivity contribution is 7.98. The van der Waals surface area contributed by atoms with E-state index in [1.165, 1.54) is 12.1 Å². The number of carbonyl (C=O) groups excluding carboxylic acids is 2. The molecule has 0 spiro atoms. The van der Waals surface area contributed by atoms with Gasteiger partial charge in [-0.25, -0.2) is 4.39 Å². The summed E-state index contributed by atoms with van der Waals surface area (Å²) in [6, 6.07) is 12.0. The number of hydrogen-bond acceptors (Lipinski definition) is 3. The lowest BCUT2D eigenvalue weighted by molar-refractivity contribution is -0.122. The fraction of sp³-hybridized carbons (Fsp3) is 0.263. The lowest BCUT2D eigenvalue weighted by Crippen LogP contribution is -2.28. The molecule has 0 saturated carbocycles. The predicted molar refractivity (Wildman–Crippen MR) is 98.4 cm³/mol. The fourth-order valence-corrected chi connectivity index (χ4v) is 3.33. The van der Waals surface area contributed by atoms with Gasteiger partial charge in [0.05, 0.1) is 5.92 Å². The van der Waals surface area contributed by atoms with Crippen molar-refractivity contribution >= 4 is 35.0 Å². The SMILES string of the molecule is CSc1cccc(N2CC(C(=O)Nc3cc(F)ccc3C)CC2=O)c1. The highest BCUT2D eigenvalue weighted by Gasteiger charge is 2.35. The van der Waals surface area contributed by atoms with Gasteiger partial charge in [0.15, 0.2) is 0 Å². The number of carbonyl (C=O) groups is 2. The minimum atomic E-state index is -0.451. The van der Waals surface area contributed by atoms with Crippen molar-refractivity contribution in [1.82, 2.24) is 0 Å². The number of nitrogens with zero attached hydrogens (tertiary/aromatic N) is 1. The highest BCUT2D eigenvalue weighted by atomic mass is 32.2. The Labute approximate surface area is 150 Å². The molecule has 1 unspecified atom stereocenters. The second kappa shape index (κ2) is 7.27. The van der Waals surface area contributed by atoms with Crippen molar-refractivity contribution < 1.29 is 14.0 Å². The van der Waals surface area contributed by atoms with Crippen molar-refractivity contribution in [2.45, 2.75) is 18.2 Å². The van der Waals surface area contributed by atoms with Gasteiger partial charge in [0.2, 0.25) is 11.8 Å². The zero-order valence-electron chi connectivity index (χ0n) is 14.1. The van der Waals surface area contributed by atoms with E-state index in [4.69, 9.17) is 0 Å². The topological polar surface area (TPSA) is 49.4 Å². The van der Waals surface area contributed by atoms with Crippen LogP contribution in [0.2, 0.25) is 0 Å². The number of thioether (sulfide) groups is 1. The fourth-order valence-electron chi connectivity index (χ4n) is 2.87. The number of anilines is 2. The van der Waals surface area contributed by atoms with E-state index >= 15 is 0 Å². The summed E-state index contributed by atoms with van der Waals surface area (Å²) in [6.45, 7) is 2.13. The van der Waals surface area contributed by atoms with E-state index in [2.05, 4.69) is 5.32 Å². The quantitative estimate of drug-likeness (QED) is 0.845. The van der Waals surface area contributed by atoms with Crippen LogP contribution in [0.15, 0.2) is 47.4 Å². The third kappa shape index (κ3) is 3.85. The van der Waals surface area contributed by atoms with Crippen LogP contribution in [0.3, 0.4) is 0 Å². The van der Waals surface area contributed by atoms with E-state index in [1.54, 1.807) is 29.7 Å². The molecule has 1 fully saturated rings. The Morgan fingerprint density at radius 2 is 2.08 bits per heavy atom. The van der Waals surface area contributed by atoms with E-state index in [0.29, 0.717) is 12.2 Å². The Morgan fingerprint density at radius 1 is 1.28 bits per heavy atom. The average molecular weight is 358 g/mol. The van der Waals surface area contributed by atoms with Crippen LogP contribution in [0.5, 0.6) is 0 Å². The third-order valence-electron chi connectivity index (χ3n) is 4.32. The van der Waals surface area contributed by atoms with Gasteiger partial charge in [0, 0.05) is 29.2 Å². The van der Waals surface area contributed by atoms with Gasteiger partial charge in [0.1, 0.15) is 5.82 Å². The number of aryl methyl sites for hydroxylation is 1. The van der Waals surface area contributed by atoms with Gasteiger partial charge in [-0.05, 0) is 49.1 Å². The number of benzene rings is 2. The van der Waals surface area contributed by atoms with Gasteiger partial charge in [-0.1, -0.05) is 12.1 Å². The molecule has 1 aliphatic rings. The molecule has 25 heavy (non-hydrogen) atoms. The molecule has 1 heterocycles. The van der Waals surface area contributed by atoms with Crippen LogP contribution in [-0.2, 0) is 9.59 Å². The minimum Gasteiger partial charge on any atom is -0.325 e. The number of amides is 2. The molecule has 2 aromatic rings. The lowest BCUT2D eigenvalue weighted by atomic mass is 10.1. The first kappa shape index (κ1) is 17.5. The predicted octanol–water partition coefficient (Wildman–Crippen LogP) is 3.85. The Kier molecular flexibility index (Phi) is 5.08. The summed E-state index contributed by atoms with van der Waals surface area (Å²) in [7, 11) is 0. The number of halogens is 1. The maximum atomic E-state index is 13.4. The molecule has 0 bridgehead atoms. The molecule has 0 aliphatic carbocycles. The summed E-state index contributed by atoms with van der Waals surface area (Å²) < 4.78 is 13.4. The smallest absolute Gasteiger partial charge is 0.229 e. The molecular weight excluding hydrogens is 339 g/mol. The van der Waals surface area contributed by atoms with Crippen molar-refractivity contribution in [3.8, 4) is 0 Å². The first-order valence-electron chi connectivity index (χ1n) is 7.99. The normalized spacial score (nSPS) is 17.0. The molecule has 2 aromatic carbocycles. The summed E-state index contributed by atoms with van der Waals surface area (Å²) in [5.74, 6) is -1.19. The standard InChI is InChI=1S/C19H19FN2O2S/c1-12-6-7-14(20)9-17(12)21-19(24)13-8-18(23)22(11-13)15-4-3-5-16(10-15)25-2/h3-7,9-10,13H,8,11H2,1-2H3,(H,21,24). The third-order valence-corrected chi connectivity index (χ3v) is 5.04. The van der Waals surface area contributed by atoms with Gasteiger partial charge >= 0.3 is 0 Å². The van der Waals surface area contributed by atoms with E-state index in [9.17, 15) is 14.0 Å². The summed E-state index contributed by atoms with van der Waals surface area (Å²) >= 11 is 1.60. The molecule has 1 atom stereocenters. The zero-order valence-corrected chi connectivity index (χ0v) is 14.9. The summed E-state index contributed by atoms with van der Waals surface area (Å²) in [5.41, 5.74) is 2.03. The van der Waals surface area contributed by atoms with E-state index in [0.717, 1.165) is 16.1 Å². The Hall–Kier alpha value is -2.34. The second-order valence-electron chi connectivity index (χ2n) is 6.06. The Balaban J connectivity index is 1.73. The maximum Gasteiger partial charge on any atom is 0.229 e. The van der Waals surface area contributed by atoms with Crippen molar-refractivity contribution in [2.75, 3.05) is 23.0 Å². The molecule has 1 N–H and O–H groups in total. The first-order chi connectivity index (χ1) is 12.0. The Morgan fingerprint density at radius 3 is 2.84 bits per heavy atom. The summed E-state index contributed by atoms with van der Waals surface area (Å²) in [5, 5.41) is 2.75. The molecule has 130 valence electrons. The van der Waals surface area contributed by atoms with Crippen LogP contribution in [0, 0.1) is 18.7 Å². The molecule has 1 aliphatic heterocycles. The van der Waals surface area contributed by atoms with E-state index < -0.39 is 11.7 Å². The average Bonchev–Trinajstić information content (AvgIpc) is 3.00. The molecule has 3 rings (SSSR count). The minimum absolute atomic E-state index is 0.0747. The number of hydrogen-bond donors (Lipinski definition) is 1. The van der Waals surface area contributed by atoms with Crippen LogP contribution in [0.25, 0.3) is 0 Å². The van der Waals surface area contributed by atoms with Crippen LogP contribution >= 0.6 is 11.8 Å². The molecule has 0 radical (unpaired) electrons. The highest BCUT2D eigenvalue weighted by Crippen LogP contribution is 2.29. The van der Waals surface area contributed by atoms with Gasteiger partial charge < -0.3 is 10.2 Å². The van der Waals surface area contributed by atoms with Gasteiger partial charge in [-0.15, -0.1) is 11.8 Å². The molecule has 2 amide bonds. The van der Waals surface area contributed by atoms with E-state index in [-0.39, 0.29) is 18.2 Å². The van der Waals surface area contributed by atoms with Gasteiger partial charge in [-0.3, -0.25) is 9.59 Å². The van der Waals surface area contributed by atoms with Crippen LogP contribution in [-0.4, -0.2) is 24.6 Å². The Bertz CT molecular complexity index is 825. The largest absolute Gasteiger partial charge is 0.325 e. The van der Waals surface area contributed by atoms with Crippen LogP contribution < -0.4 is 10.2 Å². The van der Waals surface area contributed by atoms with Crippen molar-refractivity contribution in [3.05, 3.63) is 53.8 Å². The number of nitrogens with one attached hydrogen (secondary N) is 1. The zero-order chi connectivity index (χ0) is 18.0.